The lowest BCUT2D eigenvalue weighted by Gasteiger charge is -2.47. The number of pyridine rings is 1. The molecule has 0 spiro atoms. The fraction of sp³-hybridized carbons (Fsp3) is 0.500. The van der Waals surface area contributed by atoms with Gasteiger partial charge in [-0.2, -0.15) is 0 Å². The molecule has 1 N–H and O–H groups in total. The Bertz CT molecular complexity index is 601. The second-order valence-electron chi connectivity index (χ2n) is 5.97. The normalized spacial score (nSPS) is 18.4. The van der Waals surface area contributed by atoms with Gasteiger partial charge in [-0.05, 0) is 56.0 Å². The molecule has 3 nitrogen and oxygen atoms in total. The van der Waals surface area contributed by atoms with Crippen LogP contribution in [0.15, 0.2) is 36.5 Å². The third kappa shape index (κ3) is 2.68. The van der Waals surface area contributed by atoms with Gasteiger partial charge in [0.2, 0.25) is 0 Å². The van der Waals surface area contributed by atoms with E-state index in [-0.39, 0.29) is 11.6 Å². The Morgan fingerprint density at radius 2 is 2.19 bits per heavy atom. The molecule has 1 heterocycles. The van der Waals surface area contributed by atoms with Gasteiger partial charge in [-0.25, -0.2) is 0 Å². The number of hydrogen-bond acceptors (Lipinski definition) is 3. The Morgan fingerprint density at radius 3 is 2.86 bits per heavy atom. The van der Waals surface area contributed by atoms with Crippen LogP contribution in [0.5, 0.6) is 0 Å². The van der Waals surface area contributed by atoms with E-state index in [4.69, 9.17) is 4.74 Å². The first-order valence-corrected chi connectivity index (χ1v) is 7.92. The minimum Gasteiger partial charge on any atom is -0.376 e. The van der Waals surface area contributed by atoms with Crippen molar-refractivity contribution >= 4 is 10.9 Å². The van der Waals surface area contributed by atoms with Crippen LogP contribution in [0, 0.1) is 0 Å². The molecule has 0 radical (unpaired) electrons. The molecule has 1 atom stereocenters. The molecule has 1 aromatic carbocycles. The average molecular weight is 284 g/mol. The Balaban J connectivity index is 1.97. The fourth-order valence-electron chi connectivity index (χ4n) is 3.31. The van der Waals surface area contributed by atoms with Gasteiger partial charge in [0.05, 0.1) is 17.2 Å². The molecule has 3 heteroatoms. The molecular formula is C18H24N2O. The molecule has 1 fully saturated rings. The minimum absolute atomic E-state index is 0.0367. The molecule has 1 saturated carbocycles. The Hall–Kier alpha value is -1.45. The first-order chi connectivity index (χ1) is 10.3. The fourth-order valence-corrected chi connectivity index (χ4v) is 3.31. The van der Waals surface area contributed by atoms with Gasteiger partial charge in [0, 0.05) is 18.7 Å². The van der Waals surface area contributed by atoms with Crippen LogP contribution in [0.3, 0.4) is 0 Å². The SMILES string of the molecule is CCCNC(c1ccc2ncccc2c1)C1(OC)CCC1. The van der Waals surface area contributed by atoms with Crippen molar-refractivity contribution in [1.29, 1.82) is 0 Å². The van der Waals surface area contributed by atoms with Crippen molar-refractivity contribution in [3.63, 3.8) is 0 Å². The number of fused-ring (bicyclic) bond motifs is 1. The zero-order chi connectivity index (χ0) is 14.7. The molecule has 2 aromatic rings. The maximum atomic E-state index is 5.92. The van der Waals surface area contributed by atoms with Crippen LogP contribution >= 0.6 is 0 Å². The zero-order valence-electron chi connectivity index (χ0n) is 12.9. The van der Waals surface area contributed by atoms with Crippen molar-refractivity contribution in [2.75, 3.05) is 13.7 Å². The lowest BCUT2D eigenvalue weighted by molar-refractivity contribution is -0.0997. The molecule has 3 rings (SSSR count). The number of ether oxygens (including phenoxy) is 1. The highest BCUT2D eigenvalue weighted by Crippen LogP contribution is 2.45. The summed E-state index contributed by atoms with van der Waals surface area (Å²) >= 11 is 0. The largest absolute Gasteiger partial charge is 0.376 e. The maximum absolute atomic E-state index is 5.92. The summed E-state index contributed by atoms with van der Waals surface area (Å²) in [5.74, 6) is 0. The molecule has 1 aliphatic rings. The molecule has 0 aliphatic heterocycles. The predicted octanol–water partition coefficient (Wildman–Crippen LogP) is 3.84. The van der Waals surface area contributed by atoms with E-state index >= 15 is 0 Å². The highest BCUT2D eigenvalue weighted by molar-refractivity contribution is 5.79. The van der Waals surface area contributed by atoms with E-state index in [1.807, 2.05) is 19.4 Å². The second-order valence-corrected chi connectivity index (χ2v) is 5.97. The van der Waals surface area contributed by atoms with E-state index in [1.165, 1.54) is 17.4 Å². The van der Waals surface area contributed by atoms with Crippen LogP contribution in [0.25, 0.3) is 10.9 Å². The first-order valence-electron chi connectivity index (χ1n) is 7.92. The summed E-state index contributed by atoms with van der Waals surface area (Å²) in [5, 5.41) is 4.90. The van der Waals surface area contributed by atoms with Gasteiger partial charge < -0.3 is 10.1 Å². The summed E-state index contributed by atoms with van der Waals surface area (Å²) in [4.78, 5) is 4.41. The predicted molar refractivity (Wildman–Crippen MR) is 86.4 cm³/mol. The van der Waals surface area contributed by atoms with E-state index < -0.39 is 0 Å². The summed E-state index contributed by atoms with van der Waals surface area (Å²) < 4.78 is 5.92. The average Bonchev–Trinajstić information content (AvgIpc) is 2.49. The van der Waals surface area contributed by atoms with Crippen molar-refractivity contribution < 1.29 is 4.74 Å². The summed E-state index contributed by atoms with van der Waals surface area (Å²) in [7, 11) is 1.85. The van der Waals surface area contributed by atoms with E-state index in [0.29, 0.717) is 0 Å². The number of hydrogen-bond donors (Lipinski definition) is 1. The highest BCUT2D eigenvalue weighted by atomic mass is 16.5. The molecule has 0 amide bonds. The van der Waals surface area contributed by atoms with E-state index in [0.717, 1.165) is 31.3 Å². The van der Waals surface area contributed by atoms with Crippen molar-refractivity contribution in [2.24, 2.45) is 0 Å². The van der Waals surface area contributed by atoms with Gasteiger partial charge >= 0.3 is 0 Å². The molecule has 112 valence electrons. The first kappa shape index (κ1) is 14.5. The van der Waals surface area contributed by atoms with Crippen LogP contribution in [-0.4, -0.2) is 24.2 Å². The number of nitrogens with zero attached hydrogens (tertiary/aromatic N) is 1. The number of rotatable bonds is 6. The maximum Gasteiger partial charge on any atom is 0.0872 e. The molecule has 0 bridgehead atoms. The molecule has 1 aromatic heterocycles. The van der Waals surface area contributed by atoms with Gasteiger partial charge in [-0.15, -0.1) is 0 Å². The van der Waals surface area contributed by atoms with E-state index in [2.05, 4.69) is 41.5 Å². The number of benzene rings is 1. The standard InChI is InChI=1S/C18H24N2O/c1-3-11-20-17(18(21-2)9-5-10-18)15-7-8-16-14(13-15)6-4-12-19-16/h4,6-8,12-13,17,20H,3,5,9-11H2,1-2H3. The number of methoxy groups -OCH3 is 1. The van der Waals surface area contributed by atoms with Crippen molar-refractivity contribution in [1.82, 2.24) is 10.3 Å². The summed E-state index contributed by atoms with van der Waals surface area (Å²) in [6.07, 6.45) is 6.50. The van der Waals surface area contributed by atoms with Crippen molar-refractivity contribution in [3.8, 4) is 0 Å². The highest BCUT2D eigenvalue weighted by Gasteiger charge is 2.44. The van der Waals surface area contributed by atoms with Gasteiger partial charge in [0.1, 0.15) is 0 Å². The van der Waals surface area contributed by atoms with E-state index in [9.17, 15) is 0 Å². The smallest absolute Gasteiger partial charge is 0.0872 e. The van der Waals surface area contributed by atoms with Gasteiger partial charge in [-0.3, -0.25) is 4.98 Å². The summed E-state index contributed by atoms with van der Waals surface area (Å²) in [5.41, 5.74) is 2.33. The summed E-state index contributed by atoms with van der Waals surface area (Å²) in [6, 6.07) is 11.0. The quantitative estimate of drug-likeness (QED) is 0.875. The molecule has 1 unspecified atom stereocenters. The summed E-state index contributed by atoms with van der Waals surface area (Å²) in [6.45, 7) is 3.22. The molecule has 21 heavy (non-hydrogen) atoms. The number of nitrogens with one attached hydrogen (secondary N) is 1. The van der Waals surface area contributed by atoms with Crippen LogP contribution in [0.4, 0.5) is 0 Å². The third-order valence-corrected chi connectivity index (χ3v) is 4.69. The third-order valence-electron chi connectivity index (χ3n) is 4.69. The molecule has 0 saturated heterocycles. The van der Waals surface area contributed by atoms with Crippen LogP contribution in [-0.2, 0) is 4.74 Å². The number of aromatic nitrogens is 1. The zero-order valence-corrected chi connectivity index (χ0v) is 12.9. The van der Waals surface area contributed by atoms with Gasteiger partial charge in [0.15, 0.2) is 0 Å². The Kier molecular flexibility index (Phi) is 4.22. The van der Waals surface area contributed by atoms with Crippen LogP contribution in [0.2, 0.25) is 0 Å². The monoisotopic (exact) mass is 284 g/mol. The van der Waals surface area contributed by atoms with Gasteiger partial charge in [0.25, 0.3) is 0 Å². The minimum atomic E-state index is -0.0367. The van der Waals surface area contributed by atoms with Crippen molar-refractivity contribution in [3.05, 3.63) is 42.1 Å². The second kappa shape index (κ2) is 6.12. The molecule has 1 aliphatic carbocycles. The van der Waals surface area contributed by atoms with E-state index in [1.54, 1.807) is 0 Å². The lowest BCUT2D eigenvalue weighted by atomic mass is 9.72. The lowest BCUT2D eigenvalue weighted by Crippen LogP contribution is -2.50. The Morgan fingerprint density at radius 1 is 1.33 bits per heavy atom. The Labute approximate surface area is 126 Å². The topological polar surface area (TPSA) is 34.2 Å². The molecular weight excluding hydrogens is 260 g/mol. The van der Waals surface area contributed by atoms with Crippen LogP contribution in [0.1, 0.15) is 44.2 Å². The van der Waals surface area contributed by atoms with Crippen LogP contribution < -0.4 is 5.32 Å². The van der Waals surface area contributed by atoms with Gasteiger partial charge in [-0.1, -0.05) is 19.1 Å². The van der Waals surface area contributed by atoms with Crippen molar-refractivity contribution in [2.45, 2.75) is 44.2 Å².